The Hall–Kier alpha value is -2.59. The van der Waals surface area contributed by atoms with Crippen molar-refractivity contribution in [2.45, 2.75) is 4.90 Å². The van der Waals surface area contributed by atoms with Gasteiger partial charge in [-0.05, 0) is 24.3 Å². The molecule has 0 aliphatic rings. The van der Waals surface area contributed by atoms with Crippen molar-refractivity contribution >= 4 is 15.8 Å². The van der Waals surface area contributed by atoms with Gasteiger partial charge in [0.2, 0.25) is 0 Å². The van der Waals surface area contributed by atoms with Crippen LogP contribution in [0.25, 0.3) is 11.3 Å². The maximum atomic E-state index is 12.0. The number of nitriles is 1. The van der Waals surface area contributed by atoms with Gasteiger partial charge in [-0.25, -0.2) is 13.2 Å². The van der Waals surface area contributed by atoms with Gasteiger partial charge in [0.25, 0.3) is 0 Å². The second-order valence-corrected chi connectivity index (χ2v) is 6.34. The number of H-pyrrole nitrogens is 1. The van der Waals surface area contributed by atoms with Gasteiger partial charge >= 0.3 is 5.97 Å². The molecule has 0 unspecified atom stereocenters. The zero-order valence-electron chi connectivity index (χ0n) is 11.4. The maximum Gasteiger partial charge on any atom is 0.339 e. The summed E-state index contributed by atoms with van der Waals surface area (Å²) < 4.78 is 28.5. The summed E-state index contributed by atoms with van der Waals surface area (Å²) in [6, 6.07) is 7.82. The minimum absolute atomic E-state index is 0.0376. The van der Waals surface area contributed by atoms with E-state index < -0.39 is 15.8 Å². The van der Waals surface area contributed by atoms with Gasteiger partial charge in [0.05, 0.1) is 23.1 Å². The molecular weight excluding hydrogens is 292 g/mol. The minimum Gasteiger partial charge on any atom is -0.465 e. The Morgan fingerprint density at radius 1 is 1.38 bits per heavy atom. The van der Waals surface area contributed by atoms with Crippen LogP contribution in [0.3, 0.4) is 0 Å². The lowest BCUT2D eigenvalue weighted by Gasteiger charge is -2.10. The van der Waals surface area contributed by atoms with E-state index in [-0.39, 0.29) is 16.0 Å². The minimum atomic E-state index is -3.59. The predicted octanol–water partition coefficient (Wildman–Crippen LogP) is 1.74. The van der Waals surface area contributed by atoms with Crippen LogP contribution in [0, 0.1) is 11.3 Å². The molecule has 0 amide bonds. The van der Waals surface area contributed by atoms with E-state index in [0.29, 0.717) is 11.3 Å². The number of ether oxygens (including phenoxy) is 1. The summed E-state index contributed by atoms with van der Waals surface area (Å²) in [6.07, 6.45) is 2.68. The third-order valence-corrected chi connectivity index (χ3v) is 4.07. The van der Waals surface area contributed by atoms with Gasteiger partial charge < -0.3 is 9.72 Å². The van der Waals surface area contributed by atoms with Crippen molar-refractivity contribution in [1.82, 2.24) is 4.98 Å². The number of benzene rings is 1. The number of rotatable bonds is 3. The van der Waals surface area contributed by atoms with E-state index in [0.717, 1.165) is 6.26 Å². The van der Waals surface area contributed by atoms with Crippen LogP contribution >= 0.6 is 0 Å². The fourth-order valence-electron chi connectivity index (χ4n) is 1.97. The van der Waals surface area contributed by atoms with E-state index in [1.807, 2.05) is 6.07 Å². The highest BCUT2D eigenvalue weighted by Gasteiger charge is 2.22. The highest BCUT2D eigenvalue weighted by Crippen LogP contribution is 2.29. The van der Waals surface area contributed by atoms with Gasteiger partial charge in [-0.1, -0.05) is 0 Å². The van der Waals surface area contributed by atoms with E-state index in [1.54, 1.807) is 18.3 Å². The second-order valence-electron chi connectivity index (χ2n) is 4.35. The van der Waals surface area contributed by atoms with Crippen molar-refractivity contribution in [3.63, 3.8) is 0 Å². The molecule has 0 aliphatic carbocycles. The van der Waals surface area contributed by atoms with Crippen LogP contribution in [0.4, 0.5) is 0 Å². The lowest BCUT2D eigenvalue weighted by molar-refractivity contribution is 0.0600. The molecule has 21 heavy (non-hydrogen) atoms. The van der Waals surface area contributed by atoms with Crippen LogP contribution < -0.4 is 0 Å². The molecule has 0 fully saturated rings. The highest BCUT2D eigenvalue weighted by molar-refractivity contribution is 7.90. The average molecular weight is 304 g/mol. The quantitative estimate of drug-likeness (QED) is 0.871. The van der Waals surface area contributed by atoms with Crippen LogP contribution in [-0.4, -0.2) is 32.7 Å². The number of methoxy groups -OCH3 is 1. The zero-order valence-corrected chi connectivity index (χ0v) is 12.2. The molecule has 0 aliphatic heterocycles. The Morgan fingerprint density at radius 3 is 2.57 bits per heavy atom. The molecule has 0 saturated heterocycles. The number of carbonyl (C=O) groups excluding carboxylic acids is 1. The van der Waals surface area contributed by atoms with E-state index in [2.05, 4.69) is 9.72 Å². The SMILES string of the molecule is COC(=O)c1cc(S(C)(=O)=O)c(-c2ccc[nH]2)cc1C#N. The maximum absolute atomic E-state index is 12.0. The van der Waals surface area contributed by atoms with Gasteiger partial charge in [-0.15, -0.1) is 0 Å². The van der Waals surface area contributed by atoms with Crippen LogP contribution in [0.15, 0.2) is 35.4 Å². The number of hydrogen-bond donors (Lipinski definition) is 1. The summed E-state index contributed by atoms with van der Waals surface area (Å²) in [7, 11) is -2.42. The number of aromatic nitrogens is 1. The van der Waals surface area contributed by atoms with Gasteiger partial charge in [0, 0.05) is 23.7 Å². The fourth-order valence-corrected chi connectivity index (χ4v) is 2.87. The van der Waals surface area contributed by atoms with E-state index in [9.17, 15) is 13.2 Å². The number of hydrogen-bond acceptors (Lipinski definition) is 5. The molecule has 0 radical (unpaired) electrons. The largest absolute Gasteiger partial charge is 0.465 e. The topological polar surface area (TPSA) is 100 Å². The first kappa shape index (κ1) is 14.8. The summed E-state index contributed by atoms with van der Waals surface area (Å²) in [6.45, 7) is 0. The third kappa shape index (κ3) is 2.80. The molecule has 2 aromatic rings. The Morgan fingerprint density at radius 2 is 2.10 bits per heavy atom. The van der Waals surface area contributed by atoms with Crippen LogP contribution in [0.2, 0.25) is 0 Å². The third-order valence-electron chi connectivity index (χ3n) is 2.93. The molecule has 1 heterocycles. The Labute approximate surface area is 121 Å². The first-order valence-electron chi connectivity index (χ1n) is 5.88. The standard InChI is InChI=1S/C14H12N2O4S/c1-20-14(17)10-7-13(21(2,18)19)11(6-9(10)8-15)12-4-3-5-16-12/h3-7,16H,1-2H3. The fraction of sp³-hybridized carbons (Fsp3) is 0.143. The molecule has 0 saturated carbocycles. The molecule has 6 nitrogen and oxygen atoms in total. The van der Waals surface area contributed by atoms with Crippen molar-refractivity contribution < 1.29 is 17.9 Å². The molecule has 0 atom stereocenters. The summed E-state index contributed by atoms with van der Waals surface area (Å²) in [5.41, 5.74) is 0.865. The normalized spacial score (nSPS) is 10.9. The van der Waals surface area contributed by atoms with Crippen molar-refractivity contribution in [2.24, 2.45) is 0 Å². The van der Waals surface area contributed by atoms with E-state index in [1.165, 1.54) is 19.2 Å². The van der Waals surface area contributed by atoms with Crippen molar-refractivity contribution in [2.75, 3.05) is 13.4 Å². The van der Waals surface area contributed by atoms with Crippen molar-refractivity contribution in [3.05, 3.63) is 41.6 Å². The Balaban J connectivity index is 2.84. The van der Waals surface area contributed by atoms with E-state index >= 15 is 0 Å². The smallest absolute Gasteiger partial charge is 0.339 e. The number of esters is 1. The lowest BCUT2D eigenvalue weighted by Crippen LogP contribution is -2.09. The average Bonchev–Trinajstić information content (AvgIpc) is 2.98. The first-order valence-corrected chi connectivity index (χ1v) is 7.78. The van der Waals surface area contributed by atoms with Gasteiger partial charge in [0.15, 0.2) is 9.84 Å². The Kier molecular flexibility index (Phi) is 3.82. The van der Waals surface area contributed by atoms with Gasteiger partial charge in [-0.3, -0.25) is 0 Å². The summed E-state index contributed by atoms with van der Waals surface area (Å²) in [5, 5.41) is 9.16. The number of sulfone groups is 1. The molecule has 108 valence electrons. The molecule has 1 N–H and O–H groups in total. The van der Waals surface area contributed by atoms with Crippen LogP contribution in [-0.2, 0) is 14.6 Å². The molecular formula is C14H12N2O4S. The van der Waals surface area contributed by atoms with Crippen molar-refractivity contribution in [3.8, 4) is 17.3 Å². The molecule has 1 aromatic heterocycles. The predicted molar refractivity (Wildman–Crippen MR) is 75.4 cm³/mol. The molecule has 2 rings (SSSR count). The molecule has 0 spiro atoms. The number of aromatic amines is 1. The molecule has 0 bridgehead atoms. The molecule has 1 aromatic carbocycles. The monoisotopic (exact) mass is 304 g/mol. The molecule has 7 heteroatoms. The van der Waals surface area contributed by atoms with Crippen LogP contribution in [0.1, 0.15) is 15.9 Å². The lowest BCUT2D eigenvalue weighted by atomic mass is 10.0. The Bertz CT molecular complexity index is 831. The van der Waals surface area contributed by atoms with Gasteiger partial charge in [0.1, 0.15) is 6.07 Å². The second kappa shape index (κ2) is 5.42. The summed E-state index contributed by atoms with van der Waals surface area (Å²) >= 11 is 0. The highest BCUT2D eigenvalue weighted by atomic mass is 32.2. The summed E-state index contributed by atoms with van der Waals surface area (Å²) in [5.74, 6) is -0.755. The van der Waals surface area contributed by atoms with Crippen LogP contribution in [0.5, 0.6) is 0 Å². The number of nitrogens with zero attached hydrogens (tertiary/aromatic N) is 1. The summed E-state index contributed by atoms with van der Waals surface area (Å²) in [4.78, 5) is 14.5. The number of nitrogens with one attached hydrogen (secondary N) is 1. The number of carbonyl (C=O) groups is 1. The van der Waals surface area contributed by atoms with Gasteiger partial charge in [-0.2, -0.15) is 5.26 Å². The zero-order chi connectivity index (χ0) is 15.6. The van der Waals surface area contributed by atoms with Crippen molar-refractivity contribution in [1.29, 1.82) is 5.26 Å². The van der Waals surface area contributed by atoms with E-state index in [4.69, 9.17) is 5.26 Å². The first-order chi connectivity index (χ1) is 9.88.